The summed E-state index contributed by atoms with van der Waals surface area (Å²) in [5, 5.41) is 1.22. The Hall–Kier alpha value is -2.57. The summed E-state index contributed by atoms with van der Waals surface area (Å²) in [4.78, 5) is 30.5. The second kappa shape index (κ2) is 7.76. The zero-order valence-electron chi connectivity index (χ0n) is 14.1. The van der Waals surface area contributed by atoms with Crippen molar-refractivity contribution in [2.75, 3.05) is 14.2 Å². The molecule has 132 valence electrons. The minimum atomic E-state index is -0.403. The second-order valence-corrected chi connectivity index (χ2v) is 6.90. The van der Waals surface area contributed by atoms with Crippen molar-refractivity contribution in [1.29, 1.82) is 0 Å². The number of amides is 1. The minimum Gasteiger partial charge on any atom is -0.465 e. The normalized spacial score (nSPS) is 17.2. The topological polar surface area (TPSA) is 59.0 Å². The van der Waals surface area contributed by atoms with Gasteiger partial charge in [-0.2, -0.15) is 0 Å². The Labute approximate surface area is 160 Å². The third-order valence-electron chi connectivity index (χ3n) is 3.68. The number of methoxy groups -OCH3 is 1. The zero-order valence-corrected chi connectivity index (χ0v) is 15.7. The molecule has 0 saturated carbocycles. The first kappa shape index (κ1) is 18.2. The number of halogens is 1. The van der Waals surface area contributed by atoms with Crippen LogP contribution in [-0.4, -0.2) is 36.1 Å². The van der Waals surface area contributed by atoms with Crippen molar-refractivity contribution in [3.63, 3.8) is 0 Å². The molecule has 0 spiro atoms. The van der Waals surface area contributed by atoms with E-state index in [2.05, 4.69) is 9.73 Å². The van der Waals surface area contributed by atoms with Gasteiger partial charge in [-0.15, -0.1) is 0 Å². The van der Waals surface area contributed by atoms with Crippen LogP contribution in [0.1, 0.15) is 15.9 Å². The maximum absolute atomic E-state index is 12.4. The first-order chi connectivity index (χ1) is 12.5. The van der Waals surface area contributed by atoms with E-state index in [-0.39, 0.29) is 5.91 Å². The molecule has 2 aromatic carbocycles. The van der Waals surface area contributed by atoms with E-state index in [1.54, 1.807) is 43.4 Å². The smallest absolute Gasteiger partial charge is 0.337 e. The van der Waals surface area contributed by atoms with Crippen LogP contribution in [0.25, 0.3) is 6.08 Å². The molecule has 3 rings (SSSR count). The van der Waals surface area contributed by atoms with Crippen molar-refractivity contribution in [1.82, 2.24) is 4.90 Å². The number of nitrogens with zero attached hydrogens (tertiary/aromatic N) is 2. The lowest BCUT2D eigenvalue weighted by Crippen LogP contribution is -2.23. The molecule has 1 aliphatic heterocycles. The average Bonchev–Trinajstić information content (AvgIpc) is 2.91. The van der Waals surface area contributed by atoms with Gasteiger partial charge in [-0.3, -0.25) is 9.69 Å². The number of likely N-dealkylation sites (N-methyl/N-ethyl adjacent to an activating group) is 1. The fourth-order valence-electron chi connectivity index (χ4n) is 2.26. The third-order valence-corrected chi connectivity index (χ3v) is 5.00. The number of esters is 1. The van der Waals surface area contributed by atoms with E-state index in [1.165, 1.54) is 23.8 Å². The maximum Gasteiger partial charge on any atom is 0.337 e. The molecule has 1 amide bonds. The van der Waals surface area contributed by atoms with Crippen LogP contribution in [0.4, 0.5) is 5.69 Å². The Kier molecular flexibility index (Phi) is 5.44. The average molecular weight is 387 g/mol. The van der Waals surface area contributed by atoms with Crippen molar-refractivity contribution in [3.8, 4) is 0 Å². The van der Waals surface area contributed by atoms with Gasteiger partial charge >= 0.3 is 5.97 Å². The summed E-state index contributed by atoms with van der Waals surface area (Å²) < 4.78 is 4.67. The Morgan fingerprint density at radius 1 is 1.15 bits per heavy atom. The molecule has 1 aliphatic rings. The Morgan fingerprint density at radius 3 is 2.42 bits per heavy atom. The SMILES string of the molecule is COC(=O)c1ccc(N=C2S/C(=C/c3ccc(Cl)cc3)C(=O)N2C)cc1. The van der Waals surface area contributed by atoms with Crippen molar-refractivity contribution in [2.45, 2.75) is 0 Å². The summed E-state index contributed by atoms with van der Waals surface area (Å²) in [5.74, 6) is -0.519. The second-order valence-electron chi connectivity index (χ2n) is 5.46. The highest BCUT2D eigenvalue weighted by Crippen LogP contribution is 2.33. The van der Waals surface area contributed by atoms with Crippen LogP contribution in [0.5, 0.6) is 0 Å². The van der Waals surface area contributed by atoms with Crippen LogP contribution >= 0.6 is 23.4 Å². The molecule has 0 unspecified atom stereocenters. The quantitative estimate of drug-likeness (QED) is 0.581. The number of rotatable bonds is 3. The predicted molar refractivity (Wildman–Crippen MR) is 105 cm³/mol. The fourth-order valence-corrected chi connectivity index (χ4v) is 3.38. The van der Waals surface area contributed by atoms with Crippen LogP contribution in [0, 0.1) is 0 Å². The van der Waals surface area contributed by atoms with Gasteiger partial charge in [0.15, 0.2) is 5.17 Å². The molecule has 0 bridgehead atoms. The predicted octanol–water partition coefficient (Wildman–Crippen LogP) is 4.36. The van der Waals surface area contributed by atoms with Crippen molar-refractivity contribution in [3.05, 3.63) is 69.6 Å². The highest BCUT2D eigenvalue weighted by Gasteiger charge is 2.30. The summed E-state index contributed by atoms with van der Waals surface area (Å²) in [5.41, 5.74) is 1.98. The van der Waals surface area contributed by atoms with Crippen LogP contribution in [0.15, 0.2) is 58.4 Å². The summed E-state index contributed by atoms with van der Waals surface area (Å²) in [6, 6.07) is 13.9. The van der Waals surface area contributed by atoms with E-state index in [0.29, 0.717) is 26.3 Å². The van der Waals surface area contributed by atoms with Crippen LogP contribution in [-0.2, 0) is 9.53 Å². The molecule has 7 heteroatoms. The summed E-state index contributed by atoms with van der Waals surface area (Å²) >= 11 is 7.18. The molecule has 5 nitrogen and oxygen atoms in total. The molecular weight excluding hydrogens is 372 g/mol. The highest BCUT2D eigenvalue weighted by atomic mass is 35.5. The standard InChI is InChI=1S/C19H15ClN2O3S/c1-22-17(23)16(11-12-3-7-14(20)8-4-12)26-19(22)21-15-9-5-13(6-10-15)18(24)25-2/h3-11H,1-2H3/b16-11+,21-19?. The van der Waals surface area contributed by atoms with Gasteiger partial charge in [-0.1, -0.05) is 23.7 Å². The van der Waals surface area contributed by atoms with E-state index >= 15 is 0 Å². The number of aliphatic imine (C=N–C) groups is 1. The molecule has 0 atom stereocenters. The molecule has 1 saturated heterocycles. The van der Waals surface area contributed by atoms with E-state index in [0.717, 1.165) is 5.56 Å². The fraction of sp³-hybridized carbons (Fsp3) is 0.105. The number of ether oxygens (including phenoxy) is 1. The van der Waals surface area contributed by atoms with E-state index in [9.17, 15) is 9.59 Å². The number of benzene rings is 2. The van der Waals surface area contributed by atoms with Crippen LogP contribution in [0.2, 0.25) is 5.02 Å². The van der Waals surface area contributed by atoms with Crippen LogP contribution < -0.4 is 0 Å². The van der Waals surface area contributed by atoms with Gasteiger partial charge < -0.3 is 4.74 Å². The summed E-state index contributed by atoms with van der Waals surface area (Å²) in [7, 11) is 3.01. The molecule has 0 radical (unpaired) electrons. The molecule has 26 heavy (non-hydrogen) atoms. The minimum absolute atomic E-state index is 0.116. The molecule has 1 heterocycles. The number of hydrogen-bond donors (Lipinski definition) is 0. The van der Waals surface area contributed by atoms with Crippen molar-refractivity contribution < 1.29 is 14.3 Å². The van der Waals surface area contributed by atoms with Gasteiger partial charge in [0.05, 0.1) is 23.3 Å². The Bertz CT molecular complexity index is 905. The van der Waals surface area contributed by atoms with E-state index < -0.39 is 5.97 Å². The van der Waals surface area contributed by atoms with E-state index in [4.69, 9.17) is 11.6 Å². The van der Waals surface area contributed by atoms with Gasteiger partial charge in [0.2, 0.25) is 0 Å². The summed E-state index contributed by atoms with van der Waals surface area (Å²) in [6.45, 7) is 0. The molecule has 0 aliphatic carbocycles. The largest absolute Gasteiger partial charge is 0.465 e. The van der Waals surface area contributed by atoms with Crippen LogP contribution in [0.3, 0.4) is 0 Å². The first-order valence-corrected chi connectivity index (χ1v) is 8.87. The lowest BCUT2D eigenvalue weighted by molar-refractivity contribution is -0.121. The molecule has 0 N–H and O–H groups in total. The molecule has 1 fully saturated rings. The van der Waals surface area contributed by atoms with Gasteiger partial charge in [-0.25, -0.2) is 9.79 Å². The third kappa shape index (κ3) is 3.98. The molecule has 0 aromatic heterocycles. The Balaban J connectivity index is 1.83. The first-order valence-electron chi connectivity index (χ1n) is 7.68. The van der Waals surface area contributed by atoms with Crippen molar-refractivity contribution in [2.24, 2.45) is 4.99 Å². The number of carbonyl (C=O) groups excluding carboxylic acids is 2. The molecular formula is C19H15ClN2O3S. The number of hydrogen-bond acceptors (Lipinski definition) is 5. The molecule has 2 aromatic rings. The summed E-state index contributed by atoms with van der Waals surface area (Å²) in [6.07, 6.45) is 1.81. The lowest BCUT2D eigenvalue weighted by Gasteiger charge is -2.07. The van der Waals surface area contributed by atoms with Gasteiger partial charge in [0.1, 0.15) is 0 Å². The highest BCUT2D eigenvalue weighted by molar-refractivity contribution is 8.18. The monoisotopic (exact) mass is 386 g/mol. The Morgan fingerprint density at radius 2 is 1.81 bits per heavy atom. The number of thioether (sulfide) groups is 1. The zero-order chi connectivity index (χ0) is 18.7. The maximum atomic E-state index is 12.4. The van der Waals surface area contributed by atoms with Gasteiger partial charge in [-0.05, 0) is 59.8 Å². The number of carbonyl (C=O) groups is 2. The van der Waals surface area contributed by atoms with Gasteiger partial charge in [0, 0.05) is 12.1 Å². The van der Waals surface area contributed by atoms with Gasteiger partial charge in [0.25, 0.3) is 5.91 Å². The number of amidine groups is 1. The van der Waals surface area contributed by atoms with E-state index in [1.807, 2.05) is 18.2 Å². The lowest BCUT2D eigenvalue weighted by atomic mass is 10.2. The van der Waals surface area contributed by atoms with Crippen molar-refractivity contribution >= 4 is 52.2 Å².